The summed E-state index contributed by atoms with van der Waals surface area (Å²) in [6, 6.07) is 0. The number of rotatable bonds is 4. The molecule has 0 nitrogen and oxygen atoms in total. The first-order chi connectivity index (χ1) is 3.81. The van der Waals surface area contributed by atoms with Crippen LogP contribution in [-0.2, 0) is 0 Å². The van der Waals surface area contributed by atoms with Crippen molar-refractivity contribution >= 4 is 0 Å². The molecule has 0 heteroatoms. The maximum atomic E-state index is 3.81. The van der Waals surface area contributed by atoms with Gasteiger partial charge >= 0.3 is 0 Å². The monoisotopic (exact) mass is 113 g/mol. The minimum Gasteiger partial charge on any atom is -0.0654 e. The van der Waals surface area contributed by atoms with Crippen LogP contribution in [0.15, 0.2) is 0 Å². The van der Waals surface area contributed by atoms with Crippen molar-refractivity contribution in [2.45, 2.75) is 39.5 Å². The Morgan fingerprint density at radius 3 is 2.38 bits per heavy atom. The fraction of sp³-hybridized carbons (Fsp3) is 0.875. The van der Waals surface area contributed by atoms with Gasteiger partial charge in [0, 0.05) is 0 Å². The first-order valence-corrected chi connectivity index (χ1v) is 3.60. The van der Waals surface area contributed by atoms with E-state index >= 15 is 0 Å². The number of hydrogen-bond donors (Lipinski definition) is 0. The lowest BCUT2D eigenvalue weighted by molar-refractivity contribution is 0.490. The summed E-state index contributed by atoms with van der Waals surface area (Å²) in [5.74, 6) is 0.900. The van der Waals surface area contributed by atoms with Crippen LogP contribution in [0.1, 0.15) is 39.5 Å². The molecule has 0 aliphatic carbocycles. The molecule has 0 heterocycles. The molecule has 1 atom stereocenters. The normalized spacial score (nSPS) is 13.8. The van der Waals surface area contributed by atoms with Crippen LogP contribution in [-0.4, -0.2) is 0 Å². The zero-order valence-corrected chi connectivity index (χ0v) is 6.11. The van der Waals surface area contributed by atoms with Gasteiger partial charge in [-0.25, -0.2) is 0 Å². The molecule has 8 heavy (non-hydrogen) atoms. The summed E-state index contributed by atoms with van der Waals surface area (Å²) >= 11 is 0. The van der Waals surface area contributed by atoms with Crippen LogP contribution in [0.5, 0.6) is 0 Å². The Hall–Kier alpha value is -0.130. The predicted molar refractivity (Wildman–Crippen MR) is 38.7 cm³/mol. The second-order valence-corrected chi connectivity index (χ2v) is 2.54. The first kappa shape index (κ1) is 7.87. The molecule has 0 aromatic heterocycles. The SMILES string of the molecule is [CH2+]CCC(C)CCC. The number of hydrogen-bond acceptors (Lipinski definition) is 0. The summed E-state index contributed by atoms with van der Waals surface area (Å²) in [5.41, 5.74) is 0. The molecule has 0 bridgehead atoms. The largest absolute Gasteiger partial charge is 0.0853 e. The maximum absolute atomic E-state index is 3.81. The molecule has 0 saturated heterocycles. The van der Waals surface area contributed by atoms with E-state index in [0.717, 1.165) is 12.3 Å². The lowest BCUT2D eigenvalue weighted by Gasteiger charge is -2.03. The van der Waals surface area contributed by atoms with Crippen LogP contribution in [0, 0.1) is 12.8 Å². The van der Waals surface area contributed by atoms with E-state index in [1.807, 2.05) is 0 Å². The van der Waals surface area contributed by atoms with E-state index in [0.29, 0.717) is 0 Å². The van der Waals surface area contributed by atoms with Crippen molar-refractivity contribution in [3.8, 4) is 0 Å². The van der Waals surface area contributed by atoms with Gasteiger partial charge in [0.1, 0.15) is 0 Å². The molecule has 48 valence electrons. The topological polar surface area (TPSA) is 0 Å². The molecule has 0 saturated carbocycles. The van der Waals surface area contributed by atoms with Crippen molar-refractivity contribution < 1.29 is 0 Å². The van der Waals surface area contributed by atoms with Gasteiger partial charge in [-0.1, -0.05) is 26.7 Å². The van der Waals surface area contributed by atoms with Crippen molar-refractivity contribution in [2.75, 3.05) is 0 Å². The molecule has 0 radical (unpaired) electrons. The Balaban J connectivity index is 2.92. The van der Waals surface area contributed by atoms with Gasteiger partial charge in [0.2, 0.25) is 0 Å². The van der Waals surface area contributed by atoms with Crippen LogP contribution >= 0.6 is 0 Å². The Morgan fingerprint density at radius 2 is 2.00 bits per heavy atom. The van der Waals surface area contributed by atoms with Crippen LogP contribution in [0.25, 0.3) is 0 Å². The van der Waals surface area contributed by atoms with Crippen molar-refractivity contribution in [2.24, 2.45) is 5.92 Å². The molecule has 0 aromatic rings. The molecule has 0 rings (SSSR count). The lowest BCUT2D eigenvalue weighted by Crippen LogP contribution is -1.91. The van der Waals surface area contributed by atoms with Gasteiger partial charge < -0.3 is 0 Å². The van der Waals surface area contributed by atoms with Crippen LogP contribution in [0.3, 0.4) is 0 Å². The van der Waals surface area contributed by atoms with Crippen LogP contribution < -0.4 is 0 Å². The van der Waals surface area contributed by atoms with Gasteiger partial charge in [0.15, 0.2) is 0 Å². The third-order valence-electron chi connectivity index (χ3n) is 1.48. The molecule has 0 N–H and O–H groups in total. The summed E-state index contributed by atoms with van der Waals surface area (Å²) in [7, 11) is 0. The third kappa shape index (κ3) is 4.04. The highest BCUT2D eigenvalue weighted by molar-refractivity contribution is 4.52. The van der Waals surface area contributed by atoms with Gasteiger partial charge in [-0.15, -0.1) is 0 Å². The van der Waals surface area contributed by atoms with Crippen LogP contribution in [0.2, 0.25) is 0 Å². The second-order valence-electron chi connectivity index (χ2n) is 2.54. The molecular formula is C8H17+. The highest BCUT2D eigenvalue weighted by atomic mass is 14.0. The Labute approximate surface area is 53.3 Å². The van der Waals surface area contributed by atoms with Gasteiger partial charge in [0.25, 0.3) is 0 Å². The van der Waals surface area contributed by atoms with Gasteiger partial charge in [-0.05, 0) is 12.3 Å². The van der Waals surface area contributed by atoms with E-state index in [4.69, 9.17) is 0 Å². The zero-order valence-electron chi connectivity index (χ0n) is 6.11. The van der Waals surface area contributed by atoms with E-state index in [2.05, 4.69) is 20.8 Å². The van der Waals surface area contributed by atoms with Crippen molar-refractivity contribution in [3.63, 3.8) is 0 Å². The van der Waals surface area contributed by atoms with E-state index in [1.54, 1.807) is 0 Å². The van der Waals surface area contributed by atoms with Gasteiger partial charge in [-0.3, -0.25) is 0 Å². The van der Waals surface area contributed by atoms with Gasteiger partial charge in [0.05, 0.1) is 13.3 Å². The molecule has 1 unspecified atom stereocenters. The van der Waals surface area contributed by atoms with Gasteiger partial charge in [-0.2, -0.15) is 0 Å². The molecule has 0 aliphatic heterocycles. The Morgan fingerprint density at radius 1 is 1.38 bits per heavy atom. The summed E-state index contributed by atoms with van der Waals surface area (Å²) < 4.78 is 0. The Bertz CT molecular complexity index is 33.3. The summed E-state index contributed by atoms with van der Waals surface area (Å²) in [6.07, 6.45) is 5.09. The second kappa shape index (κ2) is 5.02. The lowest BCUT2D eigenvalue weighted by atomic mass is 10.0. The molecule has 0 spiro atoms. The highest BCUT2D eigenvalue weighted by Crippen LogP contribution is 2.10. The van der Waals surface area contributed by atoms with E-state index in [1.165, 1.54) is 19.3 Å². The third-order valence-corrected chi connectivity index (χ3v) is 1.48. The highest BCUT2D eigenvalue weighted by Gasteiger charge is 1.98. The van der Waals surface area contributed by atoms with Crippen LogP contribution in [0.4, 0.5) is 0 Å². The Kier molecular flexibility index (Phi) is 4.93. The predicted octanol–water partition coefficient (Wildman–Crippen LogP) is 3.04. The van der Waals surface area contributed by atoms with E-state index in [-0.39, 0.29) is 0 Å². The minimum atomic E-state index is 0.900. The van der Waals surface area contributed by atoms with Crippen molar-refractivity contribution in [3.05, 3.63) is 6.92 Å². The van der Waals surface area contributed by atoms with Crippen molar-refractivity contribution in [1.82, 2.24) is 0 Å². The summed E-state index contributed by atoms with van der Waals surface area (Å²) in [6.45, 7) is 8.34. The van der Waals surface area contributed by atoms with Crippen molar-refractivity contribution in [1.29, 1.82) is 0 Å². The minimum absolute atomic E-state index is 0.900. The van der Waals surface area contributed by atoms with E-state index in [9.17, 15) is 0 Å². The zero-order chi connectivity index (χ0) is 6.41. The maximum Gasteiger partial charge on any atom is 0.0853 e. The smallest absolute Gasteiger partial charge is 0.0654 e. The average Bonchev–Trinajstić information content (AvgIpc) is 1.68. The summed E-state index contributed by atoms with van der Waals surface area (Å²) in [5, 5.41) is 0. The molecular weight excluding hydrogens is 96.1 g/mol. The quantitative estimate of drug-likeness (QED) is 0.491. The average molecular weight is 113 g/mol. The molecule has 0 aromatic carbocycles. The fourth-order valence-electron chi connectivity index (χ4n) is 0.986. The molecule has 0 aliphatic rings. The fourth-order valence-corrected chi connectivity index (χ4v) is 0.986. The standard InChI is InChI=1S/C8H17/c1-4-6-8(3)7-5-2/h8H,1,4-7H2,2-3H3/q+1. The first-order valence-electron chi connectivity index (χ1n) is 3.60. The summed E-state index contributed by atoms with van der Waals surface area (Å²) in [4.78, 5) is 0. The molecule has 0 fully saturated rings. The molecule has 0 amide bonds. The van der Waals surface area contributed by atoms with E-state index < -0.39 is 0 Å².